The lowest BCUT2D eigenvalue weighted by Crippen LogP contribution is -2.49. The molecule has 198 valence electrons. The zero-order valence-electron chi connectivity index (χ0n) is 22.2. The smallest absolute Gasteiger partial charge is 0.242 e. The number of benzene rings is 2. The summed E-state index contributed by atoms with van der Waals surface area (Å²) in [7, 11) is -1.94. The van der Waals surface area contributed by atoms with Crippen LogP contribution in [0.1, 0.15) is 51.2 Å². The van der Waals surface area contributed by atoms with Crippen LogP contribution in [0.4, 0.5) is 5.69 Å². The maximum Gasteiger partial charge on any atom is 0.242 e. The summed E-state index contributed by atoms with van der Waals surface area (Å²) < 4.78 is 31.4. The summed E-state index contributed by atoms with van der Waals surface area (Å²) in [5, 5.41) is 2.95. The summed E-state index contributed by atoms with van der Waals surface area (Å²) in [4.78, 5) is 27.8. The van der Waals surface area contributed by atoms with Crippen molar-refractivity contribution in [2.24, 2.45) is 0 Å². The fraction of sp³-hybridized carbons (Fsp3) is 0.481. The van der Waals surface area contributed by atoms with Crippen molar-refractivity contribution in [1.82, 2.24) is 10.2 Å². The second-order valence-electron chi connectivity index (χ2n) is 9.14. The van der Waals surface area contributed by atoms with E-state index in [2.05, 4.69) is 5.32 Å². The summed E-state index contributed by atoms with van der Waals surface area (Å²) in [6.07, 6.45) is 2.37. The van der Waals surface area contributed by atoms with Crippen LogP contribution < -0.4 is 14.4 Å². The van der Waals surface area contributed by atoms with E-state index in [1.54, 1.807) is 31.1 Å². The molecule has 0 fully saturated rings. The summed E-state index contributed by atoms with van der Waals surface area (Å²) in [5.74, 6) is 0.273. The summed E-state index contributed by atoms with van der Waals surface area (Å²) >= 11 is 0. The normalized spacial score (nSPS) is 12.9. The van der Waals surface area contributed by atoms with Crippen LogP contribution in [0.3, 0.4) is 0 Å². The van der Waals surface area contributed by atoms with Gasteiger partial charge in [-0.1, -0.05) is 31.2 Å². The number of amides is 2. The largest absolute Gasteiger partial charge is 0.497 e. The van der Waals surface area contributed by atoms with Crippen molar-refractivity contribution < 1.29 is 22.7 Å². The molecule has 8 nitrogen and oxygen atoms in total. The Kier molecular flexibility index (Phi) is 10.8. The number of anilines is 1. The number of ether oxygens (including phenoxy) is 1. The lowest BCUT2D eigenvalue weighted by molar-refractivity contribution is -0.140. The molecule has 2 amide bonds. The molecule has 0 bridgehead atoms. The Morgan fingerprint density at radius 3 is 2.31 bits per heavy atom. The Morgan fingerprint density at radius 1 is 1.08 bits per heavy atom. The van der Waals surface area contributed by atoms with E-state index in [1.165, 1.54) is 4.31 Å². The molecule has 0 heterocycles. The molecule has 2 rings (SSSR count). The van der Waals surface area contributed by atoms with Crippen molar-refractivity contribution in [2.45, 2.75) is 65.6 Å². The molecule has 0 aliphatic carbocycles. The zero-order chi connectivity index (χ0) is 26.9. The highest BCUT2D eigenvalue weighted by atomic mass is 32.2. The van der Waals surface area contributed by atoms with E-state index >= 15 is 0 Å². The van der Waals surface area contributed by atoms with Gasteiger partial charge in [0, 0.05) is 25.6 Å². The molecule has 0 unspecified atom stereocenters. The van der Waals surface area contributed by atoms with Crippen molar-refractivity contribution in [3.63, 3.8) is 0 Å². The third-order valence-electron chi connectivity index (χ3n) is 6.12. The van der Waals surface area contributed by atoms with Crippen LogP contribution in [0, 0.1) is 6.92 Å². The second-order valence-corrected chi connectivity index (χ2v) is 11.0. The number of nitrogens with one attached hydrogen (secondary N) is 1. The van der Waals surface area contributed by atoms with Gasteiger partial charge in [-0.2, -0.15) is 0 Å². The van der Waals surface area contributed by atoms with Crippen LogP contribution >= 0.6 is 0 Å². The quantitative estimate of drug-likeness (QED) is 0.435. The minimum atomic E-state index is -3.52. The molecule has 9 heteroatoms. The summed E-state index contributed by atoms with van der Waals surface area (Å²) in [6, 6.07) is 13.9. The van der Waals surface area contributed by atoms with Gasteiger partial charge in [0.2, 0.25) is 21.8 Å². The van der Waals surface area contributed by atoms with E-state index < -0.39 is 16.1 Å². The van der Waals surface area contributed by atoms with Gasteiger partial charge in [-0.05, 0) is 69.0 Å². The molecule has 0 aliphatic heterocycles. The number of nitrogens with zero attached hydrogens (tertiary/aromatic N) is 2. The molecular formula is C27H39N3O5S. The monoisotopic (exact) mass is 517 g/mol. The van der Waals surface area contributed by atoms with Crippen LogP contribution in [-0.4, -0.2) is 57.1 Å². The van der Waals surface area contributed by atoms with Gasteiger partial charge < -0.3 is 15.0 Å². The number of methoxy groups -OCH3 is 1. The number of sulfonamides is 1. The van der Waals surface area contributed by atoms with Gasteiger partial charge in [0.15, 0.2) is 0 Å². The highest BCUT2D eigenvalue weighted by Gasteiger charge is 2.27. The van der Waals surface area contributed by atoms with Gasteiger partial charge in [0.1, 0.15) is 11.8 Å². The van der Waals surface area contributed by atoms with Crippen LogP contribution in [0.5, 0.6) is 5.75 Å². The molecule has 2 aromatic carbocycles. The Labute approximate surface area is 215 Å². The molecule has 0 aliphatic rings. The van der Waals surface area contributed by atoms with Crippen molar-refractivity contribution in [3.05, 3.63) is 59.7 Å². The second kappa shape index (κ2) is 13.3. The van der Waals surface area contributed by atoms with Crippen LogP contribution in [0.15, 0.2) is 48.5 Å². The number of rotatable bonds is 13. The van der Waals surface area contributed by atoms with Crippen molar-refractivity contribution >= 4 is 27.5 Å². The number of hydrogen-bond acceptors (Lipinski definition) is 5. The molecule has 2 aromatic rings. The molecule has 0 saturated carbocycles. The van der Waals surface area contributed by atoms with E-state index in [0.717, 1.165) is 23.8 Å². The van der Waals surface area contributed by atoms with Gasteiger partial charge in [0.25, 0.3) is 0 Å². The minimum Gasteiger partial charge on any atom is -0.497 e. The standard InChI is InChI=1S/C27H39N3O5S/c1-7-21(3)28-27(32)22(4)29(19-23-13-15-25(35-5)16-14-23)26(31)12-9-17-30(36(6,33)34)24-11-8-10-20(2)18-24/h8,10-11,13-16,18,21-22H,7,9,12,17,19H2,1-6H3,(H,28,32)/t21-,22-/m0/s1. The summed E-state index contributed by atoms with van der Waals surface area (Å²) in [6.45, 7) is 7.94. The van der Waals surface area contributed by atoms with Gasteiger partial charge in [0.05, 0.1) is 19.1 Å². The highest BCUT2D eigenvalue weighted by Crippen LogP contribution is 2.21. The zero-order valence-corrected chi connectivity index (χ0v) is 23.0. The van der Waals surface area contributed by atoms with E-state index in [4.69, 9.17) is 4.74 Å². The molecule has 2 atom stereocenters. The predicted octanol–water partition coefficient (Wildman–Crippen LogP) is 3.88. The Hall–Kier alpha value is -3.07. The summed E-state index contributed by atoms with van der Waals surface area (Å²) in [5.41, 5.74) is 2.38. The fourth-order valence-electron chi connectivity index (χ4n) is 3.76. The first-order valence-corrected chi connectivity index (χ1v) is 14.1. The maximum absolute atomic E-state index is 13.3. The predicted molar refractivity (Wildman–Crippen MR) is 144 cm³/mol. The lowest BCUT2D eigenvalue weighted by atomic mass is 10.1. The van der Waals surface area contributed by atoms with E-state index in [0.29, 0.717) is 17.9 Å². The molecule has 36 heavy (non-hydrogen) atoms. The van der Waals surface area contributed by atoms with Crippen LogP contribution in [0.25, 0.3) is 0 Å². The topological polar surface area (TPSA) is 96.0 Å². The Bertz CT molecular complexity index is 1120. The average molecular weight is 518 g/mol. The Morgan fingerprint density at radius 2 is 1.75 bits per heavy atom. The third kappa shape index (κ3) is 8.55. The number of hydrogen-bond donors (Lipinski definition) is 1. The van der Waals surface area contributed by atoms with Crippen molar-refractivity contribution in [1.29, 1.82) is 0 Å². The average Bonchev–Trinajstić information content (AvgIpc) is 2.84. The molecule has 0 saturated heterocycles. The van der Waals surface area contributed by atoms with E-state index in [-0.39, 0.29) is 37.4 Å². The fourth-order valence-corrected chi connectivity index (χ4v) is 4.72. The lowest BCUT2D eigenvalue weighted by Gasteiger charge is -2.30. The number of aryl methyl sites for hydroxylation is 1. The van der Waals surface area contributed by atoms with Gasteiger partial charge in [-0.3, -0.25) is 13.9 Å². The van der Waals surface area contributed by atoms with Crippen molar-refractivity contribution in [3.8, 4) is 5.75 Å². The highest BCUT2D eigenvalue weighted by molar-refractivity contribution is 7.92. The maximum atomic E-state index is 13.3. The molecule has 0 spiro atoms. The minimum absolute atomic E-state index is 0.00413. The first kappa shape index (κ1) is 29.2. The third-order valence-corrected chi connectivity index (χ3v) is 7.32. The molecule has 1 N–H and O–H groups in total. The Balaban J connectivity index is 2.18. The number of carbonyl (C=O) groups is 2. The van der Waals surface area contributed by atoms with Crippen molar-refractivity contribution in [2.75, 3.05) is 24.2 Å². The first-order chi connectivity index (χ1) is 17.0. The molecule has 0 radical (unpaired) electrons. The van der Waals surface area contributed by atoms with Gasteiger partial charge in [-0.25, -0.2) is 8.42 Å². The van der Waals surface area contributed by atoms with Gasteiger partial charge >= 0.3 is 0 Å². The van der Waals surface area contributed by atoms with E-state index in [9.17, 15) is 18.0 Å². The first-order valence-electron chi connectivity index (χ1n) is 12.2. The van der Waals surface area contributed by atoms with Crippen LogP contribution in [0.2, 0.25) is 0 Å². The SMILES string of the molecule is CC[C@H](C)NC(=O)[C@H](C)N(Cc1ccc(OC)cc1)C(=O)CCCN(c1cccc(C)c1)S(C)(=O)=O. The van der Waals surface area contributed by atoms with Crippen LogP contribution in [-0.2, 0) is 26.2 Å². The van der Waals surface area contributed by atoms with Gasteiger partial charge in [-0.15, -0.1) is 0 Å². The van der Waals surface area contributed by atoms with E-state index in [1.807, 2.05) is 57.2 Å². The molecule has 0 aromatic heterocycles. The molecular weight excluding hydrogens is 478 g/mol. The number of carbonyl (C=O) groups excluding carboxylic acids is 2.